The van der Waals surface area contributed by atoms with E-state index in [-0.39, 0.29) is 12.4 Å². The number of hydrogen-bond donors (Lipinski definition) is 2. The zero-order valence-electron chi connectivity index (χ0n) is 6.43. The van der Waals surface area contributed by atoms with Crippen LogP contribution >= 0.6 is 0 Å². The highest BCUT2D eigenvalue weighted by Gasteiger charge is 1.96. The fourth-order valence-corrected chi connectivity index (χ4v) is 0.680. The Hall–Kier alpha value is -1.49. The van der Waals surface area contributed by atoms with Crippen molar-refractivity contribution in [3.63, 3.8) is 0 Å². The molecule has 0 atom stereocenters. The quantitative estimate of drug-likeness (QED) is 0.299. The van der Waals surface area contributed by atoms with Crippen molar-refractivity contribution in [2.24, 2.45) is 10.9 Å². The maximum absolute atomic E-state index is 8.15. The molecule has 1 aromatic rings. The van der Waals surface area contributed by atoms with Crippen molar-refractivity contribution in [3.05, 3.63) is 24.2 Å². The van der Waals surface area contributed by atoms with Gasteiger partial charge in [-0.05, 0) is 12.1 Å². The molecule has 0 amide bonds. The van der Waals surface area contributed by atoms with Crippen LogP contribution in [0.1, 0.15) is 5.76 Å². The van der Waals surface area contributed by atoms with Gasteiger partial charge in [-0.1, -0.05) is 5.16 Å². The maximum atomic E-state index is 8.15. The summed E-state index contributed by atoms with van der Waals surface area (Å²) in [5.74, 6) is 0.752. The van der Waals surface area contributed by atoms with E-state index in [2.05, 4.69) is 5.16 Å². The van der Waals surface area contributed by atoms with Gasteiger partial charge in [0, 0.05) is 0 Å². The van der Waals surface area contributed by atoms with Crippen molar-refractivity contribution in [1.29, 1.82) is 0 Å². The van der Waals surface area contributed by atoms with Crippen LogP contribution in [0.2, 0.25) is 0 Å². The van der Waals surface area contributed by atoms with Crippen LogP contribution in [-0.2, 0) is 11.3 Å². The molecule has 0 aromatic carbocycles. The van der Waals surface area contributed by atoms with Gasteiger partial charge in [-0.25, -0.2) is 0 Å². The van der Waals surface area contributed by atoms with Crippen molar-refractivity contribution in [3.8, 4) is 0 Å². The van der Waals surface area contributed by atoms with Crippen LogP contribution in [-0.4, -0.2) is 17.6 Å². The third kappa shape index (κ3) is 2.63. The summed E-state index contributed by atoms with van der Waals surface area (Å²) in [6.07, 6.45) is 1.56. The first kappa shape index (κ1) is 8.61. The fraction of sp³-hybridized carbons (Fsp3) is 0.286. The molecule has 0 spiro atoms. The van der Waals surface area contributed by atoms with Crippen LogP contribution in [0.15, 0.2) is 28.0 Å². The molecule has 0 radical (unpaired) electrons. The number of amidine groups is 1. The molecule has 0 aliphatic rings. The molecule has 66 valence electrons. The SMILES string of the molecule is N/C(COCc1ccco1)=N\O. The third-order valence-electron chi connectivity index (χ3n) is 1.20. The average Bonchev–Trinajstić information content (AvgIpc) is 2.57. The first-order valence-electron chi connectivity index (χ1n) is 3.39. The van der Waals surface area contributed by atoms with E-state index in [1.807, 2.05) is 0 Å². The second-order valence-electron chi connectivity index (χ2n) is 2.16. The zero-order chi connectivity index (χ0) is 8.81. The second-order valence-corrected chi connectivity index (χ2v) is 2.16. The van der Waals surface area contributed by atoms with E-state index in [0.717, 1.165) is 0 Å². The Kier molecular flexibility index (Phi) is 3.16. The van der Waals surface area contributed by atoms with Crippen LogP contribution in [0.25, 0.3) is 0 Å². The molecule has 0 saturated heterocycles. The topological polar surface area (TPSA) is 81.0 Å². The summed E-state index contributed by atoms with van der Waals surface area (Å²) >= 11 is 0. The van der Waals surface area contributed by atoms with Crippen molar-refractivity contribution in [2.45, 2.75) is 6.61 Å². The smallest absolute Gasteiger partial charge is 0.165 e. The number of furan rings is 1. The molecule has 1 rings (SSSR count). The molecule has 12 heavy (non-hydrogen) atoms. The zero-order valence-corrected chi connectivity index (χ0v) is 6.43. The first-order chi connectivity index (χ1) is 5.83. The van der Waals surface area contributed by atoms with Gasteiger partial charge in [0.2, 0.25) is 0 Å². The van der Waals surface area contributed by atoms with E-state index in [1.54, 1.807) is 18.4 Å². The van der Waals surface area contributed by atoms with Crippen molar-refractivity contribution >= 4 is 5.84 Å². The minimum atomic E-state index is 0.0431. The largest absolute Gasteiger partial charge is 0.467 e. The van der Waals surface area contributed by atoms with Gasteiger partial charge in [-0.3, -0.25) is 0 Å². The van der Waals surface area contributed by atoms with Crippen LogP contribution in [0, 0.1) is 0 Å². The van der Waals surface area contributed by atoms with Crippen LogP contribution < -0.4 is 5.73 Å². The maximum Gasteiger partial charge on any atom is 0.165 e. The highest BCUT2D eigenvalue weighted by molar-refractivity contribution is 5.80. The summed E-state index contributed by atoms with van der Waals surface area (Å²) in [5.41, 5.74) is 5.16. The minimum absolute atomic E-state index is 0.0431. The Morgan fingerprint density at radius 3 is 3.17 bits per heavy atom. The van der Waals surface area contributed by atoms with Gasteiger partial charge >= 0.3 is 0 Å². The lowest BCUT2D eigenvalue weighted by Gasteiger charge is -1.98. The number of oxime groups is 1. The number of hydrogen-bond acceptors (Lipinski definition) is 4. The lowest BCUT2D eigenvalue weighted by Crippen LogP contribution is -2.18. The normalized spacial score (nSPS) is 11.8. The van der Waals surface area contributed by atoms with Gasteiger partial charge in [0.15, 0.2) is 5.84 Å². The molecule has 0 aliphatic carbocycles. The molecular weight excluding hydrogens is 160 g/mol. The molecule has 5 nitrogen and oxygen atoms in total. The fourth-order valence-electron chi connectivity index (χ4n) is 0.680. The highest BCUT2D eigenvalue weighted by atomic mass is 16.5. The molecule has 0 aliphatic heterocycles. The van der Waals surface area contributed by atoms with Gasteiger partial charge in [-0.15, -0.1) is 0 Å². The van der Waals surface area contributed by atoms with Crippen LogP contribution in [0.3, 0.4) is 0 Å². The summed E-state index contributed by atoms with van der Waals surface area (Å²) in [6.45, 7) is 0.417. The first-order valence-corrected chi connectivity index (χ1v) is 3.39. The predicted octanol–water partition coefficient (Wildman–Crippen LogP) is 0.543. The number of nitrogens with two attached hydrogens (primary N) is 1. The Morgan fingerprint density at radius 2 is 2.58 bits per heavy atom. The molecule has 0 fully saturated rings. The van der Waals surface area contributed by atoms with Gasteiger partial charge in [-0.2, -0.15) is 0 Å². The Labute approximate surface area is 69.4 Å². The average molecular weight is 170 g/mol. The number of nitrogens with zero attached hydrogens (tertiary/aromatic N) is 1. The molecule has 0 unspecified atom stereocenters. The molecular formula is C7H10N2O3. The molecule has 3 N–H and O–H groups in total. The van der Waals surface area contributed by atoms with E-state index in [4.69, 9.17) is 20.1 Å². The predicted molar refractivity (Wildman–Crippen MR) is 41.8 cm³/mol. The monoisotopic (exact) mass is 170 g/mol. The van der Waals surface area contributed by atoms with E-state index in [0.29, 0.717) is 12.4 Å². The molecule has 1 heterocycles. The summed E-state index contributed by atoms with van der Waals surface area (Å²) in [6, 6.07) is 3.55. The van der Waals surface area contributed by atoms with E-state index >= 15 is 0 Å². The minimum Gasteiger partial charge on any atom is -0.467 e. The molecule has 1 aromatic heterocycles. The summed E-state index contributed by atoms with van der Waals surface area (Å²) in [5, 5.41) is 10.9. The van der Waals surface area contributed by atoms with Gasteiger partial charge in [0.05, 0.1) is 6.26 Å². The molecule has 5 heteroatoms. The standard InChI is InChI=1S/C7H10N2O3/c8-7(9-10)5-11-4-6-2-1-3-12-6/h1-3,10H,4-5H2,(H2,8,9). The van der Waals surface area contributed by atoms with Crippen molar-refractivity contribution in [1.82, 2.24) is 0 Å². The van der Waals surface area contributed by atoms with E-state index in [1.165, 1.54) is 0 Å². The third-order valence-corrected chi connectivity index (χ3v) is 1.20. The summed E-state index contributed by atoms with van der Waals surface area (Å²) in [4.78, 5) is 0. The van der Waals surface area contributed by atoms with Crippen LogP contribution in [0.4, 0.5) is 0 Å². The highest BCUT2D eigenvalue weighted by Crippen LogP contribution is 2.00. The Balaban J connectivity index is 2.19. The number of rotatable bonds is 4. The van der Waals surface area contributed by atoms with Gasteiger partial charge < -0.3 is 20.1 Å². The van der Waals surface area contributed by atoms with Gasteiger partial charge in [0.1, 0.15) is 19.0 Å². The van der Waals surface area contributed by atoms with Gasteiger partial charge in [0.25, 0.3) is 0 Å². The van der Waals surface area contributed by atoms with Crippen molar-refractivity contribution < 1.29 is 14.4 Å². The molecule has 0 saturated carbocycles. The molecule has 0 bridgehead atoms. The second kappa shape index (κ2) is 4.40. The Morgan fingerprint density at radius 1 is 1.75 bits per heavy atom. The Bertz CT molecular complexity index is 243. The summed E-state index contributed by atoms with van der Waals surface area (Å²) in [7, 11) is 0. The van der Waals surface area contributed by atoms with E-state index < -0.39 is 0 Å². The lowest BCUT2D eigenvalue weighted by atomic mass is 10.5. The van der Waals surface area contributed by atoms with Crippen molar-refractivity contribution in [2.75, 3.05) is 6.61 Å². The number of ether oxygens (including phenoxy) is 1. The van der Waals surface area contributed by atoms with E-state index in [9.17, 15) is 0 Å². The lowest BCUT2D eigenvalue weighted by molar-refractivity contribution is 0.137. The summed E-state index contributed by atoms with van der Waals surface area (Å²) < 4.78 is 10.0. The van der Waals surface area contributed by atoms with Crippen LogP contribution in [0.5, 0.6) is 0 Å².